The Morgan fingerprint density at radius 1 is 0.750 bits per heavy atom. The molecule has 0 heterocycles. The lowest BCUT2D eigenvalue weighted by Crippen LogP contribution is -2.08. The molecule has 2 fully saturated rings. The number of rotatable bonds is 4. The molecule has 28 heavy (non-hydrogen) atoms. The van der Waals surface area contributed by atoms with E-state index in [4.69, 9.17) is 0 Å². The molecule has 4 rings (SSSR count). The molecule has 0 amide bonds. The molecule has 3 nitrogen and oxygen atoms in total. The van der Waals surface area contributed by atoms with E-state index < -0.39 is 5.97 Å². The molecule has 2 N–H and O–H groups in total. The van der Waals surface area contributed by atoms with Crippen molar-refractivity contribution in [1.29, 1.82) is 0 Å². The van der Waals surface area contributed by atoms with Crippen molar-refractivity contribution in [1.82, 2.24) is 0 Å². The first-order valence-electron chi connectivity index (χ1n) is 10.8. The van der Waals surface area contributed by atoms with Gasteiger partial charge in [-0.05, 0) is 71.9 Å². The molecule has 3 heteroatoms. The van der Waals surface area contributed by atoms with E-state index in [-0.39, 0.29) is 17.2 Å². The summed E-state index contributed by atoms with van der Waals surface area (Å²) in [4.78, 5) is 11.7. The normalized spacial score (nSPS) is 18.9. The second-order valence-electron chi connectivity index (χ2n) is 8.56. The van der Waals surface area contributed by atoms with Gasteiger partial charge in [-0.15, -0.1) is 0 Å². The topological polar surface area (TPSA) is 57.5 Å². The Bertz CT molecular complexity index is 826. The van der Waals surface area contributed by atoms with Crippen molar-refractivity contribution >= 4 is 5.97 Å². The first kappa shape index (κ1) is 19.0. The number of aromatic carboxylic acids is 1. The average Bonchev–Trinajstić information content (AvgIpc) is 2.75. The van der Waals surface area contributed by atoms with Gasteiger partial charge in [0.25, 0.3) is 0 Å². The Labute approximate surface area is 167 Å². The molecular weight excluding hydrogens is 348 g/mol. The quantitative estimate of drug-likeness (QED) is 0.611. The third kappa shape index (κ3) is 3.94. The number of aromatic hydroxyl groups is 1. The van der Waals surface area contributed by atoms with Crippen LogP contribution in [0, 0.1) is 0 Å². The maximum Gasteiger partial charge on any atom is 0.339 e. The van der Waals surface area contributed by atoms with E-state index in [2.05, 4.69) is 24.3 Å². The molecule has 0 aromatic heterocycles. The maximum absolute atomic E-state index is 11.7. The fourth-order valence-corrected chi connectivity index (χ4v) is 5.10. The van der Waals surface area contributed by atoms with Gasteiger partial charge in [-0.25, -0.2) is 4.79 Å². The van der Waals surface area contributed by atoms with Crippen molar-refractivity contribution in [3.05, 3.63) is 53.1 Å². The molecule has 0 aliphatic heterocycles. The molecule has 2 aromatic rings. The van der Waals surface area contributed by atoms with Crippen molar-refractivity contribution < 1.29 is 15.0 Å². The minimum absolute atomic E-state index is 0.0226. The average molecular weight is 379 g/mol. The highest BCUT2D eigenvalue weighted by atomic mass is 16.4. The van der Waals surface area contributed by atoms with Gasteiger partial charge in [0.15, 0.2) is 0 Å². The molecule has 0 radical (unpaired) electrons. The van der Waals surface area contributed by atoms with Crippen LogP contribution in [-0.2, 0) is 0 Å². The van der Waals surface area contributed by atoms with Gasteiger partial charge in [0.05, 0.1) is 0 Å². The molecule has 0 atom stereocenters. The number of phenols is 1. The predicted molar refractivity (Wildman–Crippen MR) is 112 cm³/mol. The second-order valence-corrected chi connectivity index (χ2v) is 8.56. The second kappa shape index (κ2) is 8.38. The lowest BCUT2D eigenvalue weighted by atomic mass is 9.81. The minimum atomic E-state index is -1.06. The minimum Gasteiger partial charge on any atom is -0.507 e. The number of carboxylic acids is 1. The van der Waals surface area contributed by atoms with Crippen molar-refractivity contribution in [3.63, 3.8) is 0 Å². The highest BCUT2D eigenvalue weighted by Gasteiger charge is 2.24. The van der Waals surface area contributed by atoms with Gasteiger partial charge in [-0.3, -0.25) is 0 Å². The number of carboxylic acid groups (broad SMARTS) is 1. The van der Waals surface area contributed by atoms with Crippen molar-refractivity contribution in [2.75, 3.05) is 0 Å². The lowest BCUT2D eigenvalue weighted by Gasteiger charge is -2.24. The Morgan fingerprint density at radius 2 is 1.32 bits per heavy atom. The zero-order valence-corrected chi connectivity index (χ0v) is 16.5. The molecule has 0 spiro atoms. The van der Waals surface area contributed by atoms with E-state index in [9.17, 15) is 15.0 Å². The first-order chi connectivity index (χ1) is 13.6. The summed E-state index contributed by atoms with van der Waals surface area (Å²) >= 11 is 0. The summed E-state index contributed by atoms with van der Waals surface area (Å²) in [5.74, 6) is -0.180. The summed E-state index contributed by atoms with van der Waals surface area (Å²) in [5.41, 5.74) is 4.15. The summed E-state index contributed by atoms with van der Waals surface area (Å²) in [6, 6.07) is 12.3. The van der Waals surface area contributed by atoms with Crippen LogP contribution in [0.4, 0.5) is 0 Å². The number of benzene rings is 2. The molecular formula is C25H30O3. The van der Waals surface area contributed by atoms with Crippen LogP contribution in [0.15, 0.2) is 36.4 Å². The number of hydrogen-bond donors (Lipinski definition) is 2. The van der Waals surface area contributed by atoms with Crippen LogP contribution in [0.1, 0.15) is 97.5 Å². The monoisotopic (exact) mass is 378 g/mol. The SMILES string of the molecule is O=C(O)c1cc(-c2ccc(C3CCCCC3)cc2)cc(C2CCCCC2)c1O. The zero-order valence-electron chi connectivity index (χ0n) is 16.5. The van der Waals surface area contributed by atoms with Crippen LogP contribution in [0.3, 0.4) is 0 Å². The van der Waals surface area contributed by atoms with E-state index in [0.29, 0.717) is 5.92 Å². The molecule has 0 bridgehead atoms. The van der Waals surface area contributed by atoms with Crippen LogP contribution in [0.25, 0.3) is 11.1 Å². The molecule has 148 valence electrons. The standard InChI is InChI=1S/C25H30O3/c26-24-22(20-9-5-2-6-10-20)15-21(16-23(24)25(27)28)19-13-11-18(12-14-19)17-7-3-1-4-8-17/h11-17,20,26H,1-10H2,(H,27,28). The van der Waals surface area contributed by atoms with Gasteiger partial charge >= 0.3 is 5.97 Å². The summed E-state index contributed by atoms with van der Waals surface area (Å²) < 4.78 is 0. The molecule has 2 aliphatic carbocycles. The maximum atomic E-state index is 11.7. The Morgan fingerprint density at radius 3 is 1.89 bits per heavy atom. The Balaban J connectivity index is 1.68. The summed E-state index contributed by atoms with van der Waals surface area (Å²) in [7, 11) is 0. The van der Waals surface area contributed by atoms with E-state index in [1.165, 1.54) is 44.1 Å². The van der Waals surface area contributed by atoms with Crippen LogP contribution < -0.4 is 0 Å². The lowest BCUT2D eigenvalue weighted by molar-refractivity contribution is 0.0693. The van der Waals surface area contributed by atoms with Crippen LogP contribution in [-0.4, -0.2) is 16.2 Å². The van der Waals surface area contributed by atoms with E-state index >= 15 is 0 Å². The van der Waals surface area contributed by atoms with Gasteiger partial charge < -0.3 is 10.2 Å². The van der Waals surface area contributed by atoms with Crippen LogP contribution in [0.5, 0.6) is 5.75 Å². The van der Waals surface area contributed by atoms with E-state index in [1.54, 1.807) is 6.07 Å². The molecule has 0 saturated heterocycles. The van der Waals surface area contributed by atoms with Gasteiger partial charge in [0.2, 0.25) is 0 Å². The third-order valence-electron chi connectivity index (χ3n) is 6.74. The number of carbonyl (C=O) groups is 1. The van der Waals surface area contributed by atoms with Gasteiger partial charge in [0, 0.05) is 0 Å². The van der Waals surface area contributed by atoms with E-state index in [0.717, 1.165) is 42.4 Å². The highest BCUT2D eigenvalue weighted by molar-refractivity contribution is 5.93. The number of hydrogen-bond acceptors (Lipinski definition) is 2. The third-order valence-corrected chi connectivity index (χ3v) is 6.74. The van der Waals surface area contributed by atoms with Gasteiger partial charge in [0.1, 0.15) is 11.3 Å². The Kier molecular flexibility index (Phi) is 5.70. The van der Waals surface area contributed by atoms with Crippen LogP contribution >= 0.6 is 0 Å². The van der Waals surface area contributed by atoms with Crippen LogP contribution in [0.2, 0.25) is 0 Å². The van der Waals surface area contributed by atoms with Gasteiger partial charge in [-0.1, -0.05) is 62.8 Å². The summed E-state index contributed by atoms with van der Waals surface area (Å²) in [6.45, 7) is 0. The smallest absolute Gasteiger partial charge is 0.339 e. The highest BCUT2D eigenvalue weighted by Crippen LogP contribution is 2.41. The molecule has 2 aromatic carbocycles. The summed E-state index contributed by atoms with van der Waals surface area (Å²) in [6.07, 6.45) is 12.1. The largest absolute Gasteiger partial charge is 0.507 e. The van der Waals surface area contributed by atoms with Crippen molar-refractivity contribution in [3.8, 4) is 16.9 Å². The molecule has 0 unspecified atom stereocenters. The molecule has 2 saturated carbocycles. The summed E-state index contributed by atoms with van der Waals surface area (Å²) in [5, 5.41) is 20.2. The Hall–Kier alpha value is -2.29. The van der Waals surface area contributed by atoms with Gasteiger partial charge in [-0.2, -0.15) is 0 Å². The van der Waals surface area contributed by atoms with Crippen molar-refractivity contribution in [2.45, 2.75) is 76.0 Å². The fourth-order valence-electron chi connectivity index (χ4n) is 5.10. The molecule has 2 aliphatic rings. The van der Waals surface area contributed by atoms with Crippen molar-refractivity contribution in [2.24, 2.45) is 0 Å². The zero-order chi connectivity index (χ0) is 19.5. The predicted octanol–water partition coefficient (Wildman–Crippen LogP) is 6.85. The first-order valence-corrected chi connectivity index (χ1v) is 10.8. The van der Waals surface area contributed by atoms with E-state index in [1.807, 2.05) is 6.07 Å². The fraction of sp³-hybridized carbons (Fsp3) is 0.480.